The molecule has 0 radical (unpaired) electrons. The van der Waals surface area contributed by atoms with E-state index in [1.807, 2.05) is 6.92 Å². The number of fused-ring (bicyclic) bond motifs is 1. The zero-order chi connectivity index (χ0) is 15.9. The molecule has 0 spiro atoms. The number of hydrogen-bond acceptors (Lipinski definition) is 4. The van der Waals surface area contributed by atoms with Gasteiger partial charge in [0.15, 0.2) is 5.65 Å². The van der Waals surface area contributed by atoms with E-state index in [9.17, 15) is 9.90 Å². The lowest BCUT2D eigenvalue weighted by Crippen LogP contribution is -2.48. The highest BCUT2D eigenvalue weighted by molar-refractivity contribution is 6.04. The quantitative estimate of drug-likeness (QED) is 0.789. The number of hydrogen-bond donors (Lipinski definition) is 3. The van der Waals surface area contributed by atoms with Crippen molar-refractivity contribution in [2.75, 3.05) is 0 Å². The van der Waals surface area contributed by atoms with Gasteiger partial charge < -0.3 is 15.4 Å². The van der Waals surface area contributed by atoms with Crippen LogP contribution in [0.3, 0.4) is 0 Å². The van der Waals surface area contributed by atoms with Crippen LogP contribution in [0.2, 0.25) is 0 Å². The van der Waals surface area contributed by atoms with E-state index in [1.54, 1.807) is 26.2 Å². The second-order valence-electron chi connectivity index (χ2n) is 6.37. The highest BCUT2D eigenvalue weighted by Gasteiger charge is 2.29. The van der Waals surface area contributed by atoms with Crippen molar-refractivity contribution in [3.8, 4) is 0 Å². The van der Waals surface area contributed by atoms with Crippen molar-refractivity contribution >= 4 is 17.1 Å². The second kappa shape index (κ2) is 5.35. The number of rotatable bonds is 5. The molecular formula is C16H22N4O2. The molecular weight excluding hydrogens is 280 g/mol. The Morgan fingerprint density at radius 2 is 2.32 bits per heavy atom. The van der Waals surface area contributed by atoms with Crippen LogP contribution in [0.15, 0.2) is 12.4 Å². The summed E-state index contributed by atoms with van der Waals surface area (Å²) in [6.07, 6.45) is 6.26. The van der Waals surface area contributed by atoms with Crippen LogP contribution >= 0.6 is 0 Å². The van der Waals surface area contributed by atoms with Gasteiger partial charge in [0.2, 0.25) is 0 Å². The molecule has 0 aromatic carbocycles. The number of aromatic nitrogens is 3. The van der Waals surface area contributed by atoms with Crippen LogP contribution < -0.4 is 5.32 Å². The smallest absolute Gasteiger partial charge is 0.255 e. The molecule has 0 aliphatic heterocycles. The van der Waals surface area contributed by atoms with Gasteiger partial charge in [-0.15, -0.1) is 0 Å². The second-order valence-corrected chi connectivity index (χ2v) is 6.37. The Morgan fingerprint density at radius 1 is 1.59 bits per heavy atom. The third-order valence-electron chi connectivity index (χ3n) is 4.64. The summed E-state index contributed by atoms with van der Waals surface area (Å²) < 4.78 is 0. The van der Waals surface area contributed by atoms with Crippen LogP contribution in [0.1, 0.15) is 62.0 Å². The van der Waals surface area contributed by atoms with E-state index in [0.717, 1.165) is 18.5 Å². The van der Waals surface area contributed by atoms with E-state index in [4.69, 9.17) is 0 Å². The molecule has 2 aromatic rings. The van der Waals surface area contributed by atoms with Gasteiger partial charge in [0.25, 0.3) is 5.91 Å². The van der Waals surface area contributed by atoms with Crippen molar-refractivity contribution in [3.05, 3.63) is 23.7 Å². The van der Waals surface area contributed by atoms with E-state index < -0.39 is 5.60 Å². The molecule has 0 saturated heterocycles. The molecule has 22 heavy (non-hydrogen) atoms. The number of carbonyl (C=O) groups is 1. The first kappa shape index (κ1) is 15.0. The van der Waals surface area contributed by atoms with E-state index in [1.165, 1.54) is 0 Å². The lowest BCUT2D eigenvalue weighted by Gasteiger charge is -2.29. The van der Waals surface area contributed by atoms with Gasteiger partial charge in [-0.25, -0.2) is 9.97 Å². The van der Waals surface area contributed by atoms with Crippen molar-refractivity contribution in [2.45, 2.75) is 57.6 Å². The summed E-state index contributed by atoms with van der Waals surface area (Å²) in [5.41, 5.74) is 1.71. The normalized spacial score (nSPS) is 18.9. The largest absolute Gasteiger partial charge is 0.388 e. The van der Waals surface area contributed by atoms with Crippen LogP contribution in [0.4, 0.5) is 0 Å². The number of amides is 1. The Kier molecular flexibility index (Phi) is 3.64. The van der Waals surface area contributed by atoms with Gasteiger partial charge in [0.05, 0.1) is 29.1 Å². The monoisotopic (exact) mass is 302 g/mol. The van der Waals surface area contributed by atoms with Gasteiger partial charge in [0.1, 0.15) is 5.52 Å². The molecule has 3 N–H and O–H groups in total. The number of nitrogens with one attached hydrogen (secondary N) is 2. The molecule has 1 aliphatic rings. The molecule has 2 atom stereocenters. The molecule has 3 rings (SSSR count). The first-order valence-corrected chi connectivity index (χ1v) is 7.79. The standard InChI is InChI=1S/C16H22N4O2/c1-4-16(3,22)9(2)19-15(21)11-7-17-14-13(11)20-12(8-18-14)10-5-6-10/h7-10,22H,4-6H2,1-3H3,(H,17,18)(H,19,21)/t9-,16-/m0/s1. The van der Waals surface area contributed by atoms with Crippen molar-refractivity contribution in [2.24, 2.45) is 0 Å². The van der Waals surface area contributed by atoms with Gasteiger partial charge in [-0.3, -0.25) is 4.79 Å². The Hall–Kier alpha value is -1.95. The van der Waals surface area contributed by atoms with E-state index in [2.05, 4.69) is 20.3 Å². The minimum Gasteiger partial charge on any atom is -0.388 e. The fraction of sp³-hybridized carbons (Fsp3) is 0.562. The van der Waals surface area contributed by atoms with Crippen LogP contribution in [0.25, 0.3) is 11.2 Å². The number of nitrogens with zero attached hydrogens (tertiary/aromatic N) is 2. The van der Waals surface area contributed by atoms with Gasteiger partial charge in [-0.1, -0.05) is 6.92 Å². The highest BCUT2D eigenvalue weighted by atomic mass is 16.3. The highest BCUT2D eigenvalue weighted by Crippen LogP contribution is 2.39. The van der Waals surface area contributed by atoms with Crippen molar-refractivity contribution in [3.63, 3.8) is 0 Å². The van der Waals surface area contributed by atoms with Crippen LogP contribution in [0, 0.1) is 0 Å². The topological polar surface area (TPSA) is 90.9 Å². The molecule has 2 heterocycles. The van der Waals surface area contributed by atoms with Gasteiger partial charge in [0, 0.05) is 12.1 Å². The Balaban J connectivity index is 1.86. The summed E-state index contributed by atoms with van der Waals surface area (Å²) in [6, 6.07) is -0.352. The van der Waals surface area contributed by atoms with Gasteiger partial charge >= 0.3 is 0 Å². The zero-order valence-electron chi connectivity index (χ0n) is 13.2. The Morgan fingerprint density at radius 3 is 2.95 bits per heavy atom. The fourth-order valence-electron chi connectivity index (χ4n) is 2.39. The molecule has 1 aliphatic carbocycles. The molecule has 6 nitrogen and oxygen atoms in total. The third kappa shape index (κ3) is 2.70. The minimum atomic E-state index is -0.938. The average molecular weight is 302 g/mol. The van der Waals surface area contributed by atoms with Crippen LogP contribution in [-0.4, -0.2) is 37.6 Å². The first-order chi connectivity index (χ1) is 10.4. The maximum Gasteiger partial charge on any atom is 0.255 e. The predicted molar refractivity (Wildman–Crippen MR) is 83.7 cm³/mol. The number of carbonyl (C=O) groups excluding carboxylic acids is 1. The molecule has 1 fully saturated rings. The Labute approximate surface area is 129 Å². The Bertz CT molecular complexity index is 703. The molecule has 118 valence electrons. The van der Waals surface area contributed by atoms with Crippen molar-refractivity contribution in [1.82, 2.24) is 20.3 Å². The number of aromatic amines is 1. The number of H-pyrrole nitrogens is 1. The summed E-state index contributed by atoms with van der Waals surface area (Å²) in [6.45, 7) is 5.41. The van der Waals surface area contributed by atoms with Crippen LogP contribution in [0.5, 0.6) is 0 Å². The fourth-order valence-corrected chi connectivity index (χ4v) is 2.39. The number of aliphatic hydroxyl groups is 1. The maximum absolute atomic E-state index is 12.5. The van der Waals surface area contributed by atoms with Gasteiger partial charge in [-0.2, -0.15) is 0 Å². The molecule has 0 unspecified atom stereocenters. The van der Waals surface area contributed by atoms with Crippen molar-refractivity contribution < 1.29 is 9.90 Å². The lowest BCUT2D eigenvalue weighted by atomic mass is 9.95. The van der Waals surface area contributed by atoms with Gasteiger partial charge in [-0.05, 0) is 33.1 Å². The van der Waals surface area contributed by atoms with E-state index >= 15 is 0 Å². The maximum atomic E-state index is 12.5. The molecule has 6 heteroatoms. The first-order valence-electron chi connectivity index (χ1n) is 7.79. The van der Waals surface area contributed by atoms with Crippen LogP contribution in [-0.2, 0) is 0 Å². The average Bonchev–Trinajstić information content (AvgIpc) is 3.26. The molecule has 0 bridgehead atoms. The van der Waals surface area contributed by atoms with E-state index in [0.29, 0.717) is 29.1 Å². The summed E-state index contributed by atoms with van der Waals surface area (Å²) in [5.74, 6) is 0.247. The molecule has 2 aromatic heterocycles. The van der Waals surface area contributed by atoms with E-state index in [-0.39, 0.29) is 11.9 Å². The van der Waals surface area contributed by atoms with Crippen molar-refractivity contribution in [1.29, 1.82) is 0 Å². The SMILES string of the molecule is CC[C@](C)(O)[C@H](C)NC(=O)c1c[nH]c2ncc(C3CC3)nc12. The zero-order valence-corrected chi connectivity index (χ0v) is 13.2. The third-order valence-corrected chi connectivity index (χ3v) is 4.64. The summed E-state index contributed by atoms with van der Waals surface area (Å²) >= 11 is 0. The lowest BCUT2D eigenvalue weighted by molar-refractivity contribution is 0.0212. The molecule has 1 saturated carbocycles. The summed E-state index contributed by atoms with van der Waals surface area (Å²) in [5, 5.41) is 13.1. The molecule has 1 amide bonds. The summed E-state index contributed by atoms with van der Waals surface area (Å²) in [4.78, 5) is 24.4. The predicted octanol–water partition coefficient (Wildman–Crippen LogP) is 2.11. The summed E-state index contributed by atoms with van der Waals surface area (Å²) in [7, 11) is 0. The minimum absolute atomic E-state index is 0.241.